The van der Waals surface area contributed by atoms with E-state index in [1.54, 1.807) is 0 Å². The Hall–Kier alpha value is -5.65. The molecule has 0 aliphatic rings. The molecule has 5 nitrogen and oxygen atoms in total. The summed E-state index contributed by atoms with van der Waals surface area (Å²) in [6.45, 7) is -0.0328. The minimum absolute atomic E-state index is 0.0328. The van der Waals surface area contributed by atoms with Gasteiger partial charge in [-0.25, -0.2) is 4.98 Å². The fourth-order valence-electron chi connectivity index (χ4n) is 5.07. The van der Waals surface area contributed by atoms with Crippen molar-refractivity contribution in [2.24, 2.45) is 0 Å². The van der Waals surface area contributed by atoms with Crippen molar-refractivity contribution in [3.63, 3.8) is 0 Å². The summed E-state index contributed by atoms with van der Waals surface area (Å²) in [7, 11) is 0. The molecule has 6 rings (SSSR count). The molecule has 5 heteroatoms. The number of rotatable bonds is 7. The quantitative estimate of drug-likeness (QED) is 0.217. The zero-order valence-corrected chi connectivity index (χ0v) is 21.6. The Balaban J connectivity index is 1.44. The minimum atomic E-state index is -0.191. The van der Waals surface area contributed by atoms with Gasteiger partial charge in [0.05, 0.1) is 34.4 Å². The highest BCUT2D eigenvalue weighted by molar-refractivity contribution is 5.86. The molecule has 40 heavy (non-hydrogen) atoms. The predicted molar refractivity (Wildman–Crippen MR) is 159 cm³/mol. The van der Waals surface area contributed by atoms with Crippen LogP contribution in [0.3, 0.4) is 0 Å². The topological polar surface area (TPSA) is 74.6 Å². The first-order chi connectivity index (χ1) is 19.7. The summed E-state index contributed by atoms with van der Waals surface area (Å²) in [6.07, 6.45) is 6.15. The van der Waals surface area contributed by atoms with Gasteiger partial charge in [0.1, 0.15) is 11.8 Å². The first-order valence-corrected chi connectivity index (χ1v) is 13.0. The van der Waals surface area contributed by atoms with Crippen LogP contribution in [0.25, 0.3) is 34.0 Å². The van der Waals surface area contributed by atoms with Crippen molar-refractivity contribution in [1.82, 2.24) is 9.55 Å². The first-order valence-electron chi connectivity index (χ1n) is 13.0. The van der Waals surface area contributed by atoms with Crippen molar-refractivity contribution in [1.29, 1.82) is 10.5 Å². The zero-order valence-electron chi connectivity index (χ0n) is 21.6. The van der Waals surface area contributed by atoms with E-state index in [2.05, 4.69) is 65.2 Å². The number of nitrogens with zero attached hydrogens (tertiary/aromatic N) is 4. The van der Waals surface area contributed by atoms with Crippen LogP contribution < -0.4 is 4.74 Å². The maximum Gasteiger partial charge on any atom is 0.174 e. The van der Waals surface area contributed by atoms with Gasteiger partial charge in [-0.15, -0.1) is 0 Å². The Morgan fingerprint density at radius 1 is 0.775 bits per heavy atom. The summed E-state index contributed by atoms with van der Waals surface area (Å²) in [6, 6.07) is 40.3. The molecule has 0 aliphatic heterocycles. The summed E-state index contributed by atoms with van der Waals surface area (Å²) < 4.78 is 8.00. The number of pyridine rings is 1. The SMILES string of the molecule is N#CCOc1cccc2ccn(C(c3ccc(C#N)cc3)c3cccc(/C=C/c4ccc5ccccc5n4)c3)c12. The molecule has 0 N–H and O–H groups in total. The van der Waals surface area contributed by atoms with E-state index >= 15 is 0 Å². The number of hydrogen-bond donors (Lipinski definition) is 0. The standard InChI is InChI=1S/C35H24N4O/c36-20-22-40-33-10-4-7-28-19-21-39(35(28)33)34(29-14-11-26(24-37)12-15-29)30-8-3-5-25(23-30)13-17-31-18-16-27-6-1-2-9-32(27)38-31/h1-19,21,23,34H,22H2/b17-13+. The smallest absolute Gasteiger partial charge is 0.174 e. The third-order valence-electron chi connectivity index (χ3n) is 6.92. The highest BCUT2D eigenvalue weighted by Crippen LogP contribution is 2.35. The third-order valence-corrected chi connectivity index (χ3v) is 6.92. The maximum absolute atomic E-state index is 9.37. The fourth-order valence-corrected chi connectivity index (χ4v) is 5.07. The van der Waals surface area contributed by atoms with E-state index in [0.717, 1.165) is 44.2 Å². The van der Waals surface area contributed by atoms with Crippen LogP contribution in [0.1, 0.15) is 34.0 Å². The second-order valence-corrected chi connectivity index (χ2v) is 9.43. The predicted octanol–water partition coefficient (Wildman–Crippen LogP) is 7.77. The van der Waals surface area contributed by atoms with E-state index in [4.69, 9.17) is 15.0 Å². The van der Waals surface area contributed by atoms with Gasteiger partial charge in [0.2, 0.25) is 0 Å². The molecule has 0 aliphatic carbocycles. The molecule has 0 spiro atoms. The Labute approximate surface area is 232 Å². The van der Waals surface area contributed by atoms with E-state index < -0.39 is 0 Å². The molecular weight excluding hydrogens is 492 g/mol. The van der Waals surface area contributed by atoms with Crippen LogP contribution in [0.4, 0.5) is 0 Å². The summed E-state index contributed by atoms with van der Waals surface area (Å²) >= 11 is 0. The van der Waals surface area contributed by atoms with E-state index in [-0.39, 0.29) is 12.6 Å². The first kappa shape index (κ1) is 24.7. The van der Waals surface area contributed by atoms with Crippen LogP contribution >= 0.6 is 0 Å². The molecule has 1 atom stereocenters. The number of para-hydroxylation sites is 2. The van der Waals surface area contributed by atoms with Crippen molar-refractivity contribution in [3.8, 4) is 17.9 Å². The number of aromatic nitrogens is 2. The van der Waals surface area contributed by atoms with Gasteiger partial charge in [-0.3, -0.25) is 0 Å². The van der Waals surface area contributed by atoms with Gasteiger partial charge in [0.25, 0.3) is 0 Å². The summed E-state index contributed by atoms with van der Waals surface area (Å²) in [4.78, 5) is 4.77. The van der Waals surface area contributed by atoms with Gasteiger partial charge in [-0.1, -0.05) is 72.8 Å². The molecule has 0 saturated carbocycles. The second kappa shape index (κ2) is 11.0. The lowest BCUT2D eigenvalue weighted by Gasteiger charge is -2.23. The highest BCUT2D eigenvalue weighted by Gasteiger charge is 2.20. The zero-order chi connectivity index (χ0) is 27.3. The average molecular weight is 517 g/mol. The van der Waals surface area contributed by atoms with Crippen molar-refractivity contribution in [3.05, 3.63) is 143 Å². The summed E-state index contributed by atoms with van der Waals surface area (Å²) in [5.74, 6) is 0.654. The number of fused-ring (bicyclic) bond motifs is 2. The highest BCUT2D eigenvalue weighted by atomic mass is 16.5. The minimum Gasteiger partial charge on any atom is -0.477 e. The Morgan fingerprint density at radius 3 is 2.45 bits per heavy atom. The molecule has 0 saturated heterocycles. The number of hydrogen-bond acceptors (Lipinski definition) is 4. The van der Waals surface area contributed by atoms with E-state index in [1.165, 1.54) is 0 Å². The molecule has 1 unspecified atom stereocenters. The van der Waals surface area contributed by atoms with Gasteiger partial charge in [-0.05, 0) is 65.2 Å². The number of nitriles is 2. The molecular formula is C35H24N4O. The number of ether oxygens (including phenoxy) is 1. The van der Waals surface area contributed by atoms with Gasteiger partial charge in [0, 0.05) is 17.0 Å². The van der Waals surface area contributed by atoms with Gasteiger partial charge >= 0.3 is 0 Å². The lowest BCUT2D eigenvalue weighted by Crippen LogP contribution is -2.12. The van der Waals surface area contributed by atoms with E-state index in [0.29, 0.717) is 11.3 Å². The molecule has 6 aromatic rings. The van der Waals surface area contributed by atoms with Crippen molar-refractivity contribution < 1.29 is 4.74 Å². The van der Waals surface area contributed by atoms with Crippen LogP contribution in [0.2, 0.25) is 0 Å². The second-order valence-electron chi connectivity index (χ2n) is 9.43. The molecule has 2 heterocycles. The summed E-state index contributed by atoms with van der Waals surface area (Å²) in [5, 5.41) is 20.6. The van der Waals surface area contributed by atoms with Gasteiger partial charge in [-0.2, -0.15) is 10.5 Å². The molecule has 190 valence electrons. The van der Waals surface area contributed by atoms with E-state index in [1.807, 2.05) is 79.0 Å². The van der Waals surface area contributed by atoms with Crippen LogP contribution in [0, 0.1) is 22.7 Å². The third kappa shape index (κ3) is 4.92. The lowest BCUT2D eigenvalue weighted by atomic mass is 9.95. The average Bonchev–Trinajstić information content (AvgIpc) is 3.44. The van der Waals surface area contributed by atoms with Crippen LogP contribution in [-0.2, 0) is 0 Å². The Morgan fingerprint density at radius 2 is 1.60 bits per heavy atom. The van der Waals surface area contributed by atoms with Crippen molar-refractivity contribution in [2.45, 2.75) is 6.04 Å². The molecule has 0 amide bonds. The molecule has 0 fully saturated rings. The monoisotopic (exact) mass is 516 g/mol. The van der Waals surface area contributed by atoms with Gasteiger partial charge < -0.3 is 9.30 Å². The van der Waals surface area contributed by atoms with Crippen molar-refractivity contribution >= 4 is 34.0 Å². The molecule has 0 bridgehead atoms. The lowest BCUT2D eigenvalue weighted by molar-refractivity contribution is 0.370. The molecule has 2 aromatic heterocycles. The maximum atomic E-state index is 9.37. The Kier molecular flexibility index (Phi) is 6.78. The molecule has 4 aromatic carbocycles. The Bertz CT molecular complexity index is 1940. The van der Waals surface area contributed by atoms with Crippen molar-refractivity contribution in [2.75, 3.05) is 6.61 Å². The largest absolute Gasteiger partial charge is 0.477 e. The number of benzene rings is 4. The van der Waals surface area contributed by atoms with Gasteiger partial charge in [0.15, 0.2) is 6.61 Å². The normalized spacial score (nSPS) is 11.8. The van der Waals surface area contributed by atoms with Crippen LogP contribution in [-0.4, -0.2) is 16.2 Å². The fraction of sp³-hybridized carbons (Fsp3) is 0.0571. The molecule has 0 radical (unpaired) electrons. The van der Waals surface area contributed by atoms with E-state index in [9.17, 15) is 5.26 Å². The van der Waals surface area contributed by atoms with Crippen LogP contribution in [0.15, 0.2) is 115 Å². The van der Waals surface area contributed by atoms with Crippen LogP contribution in [0.5, 0.6) is 5.75 Å². The summed E-state index contributed by atoms with van der Waals surface area (Å²) in [5.41, 5.74) is 6.53.